The summed E-state index contributed by atoms with van der Waals surface area (Å²) in [5.74, 6) is 1.58. The summed E-state index contributed by atoms with van der Waals surface area (Å²) in [4.78, 5) is 16.2. The van der Waals surface area contributed by atoms with Gasteiger partial charge in [-0.25, -0.2) is 4.98 Å². The summed E-state index contributed by atoms with van der Waals surface area (Å²) in [5, 5.41) is 4.46. The molecule has 3 rings (SSSR count). The maximum absolute atomic E-state index is 12.0. The van der Waals surface area contributed by atoms with Crippen LogP contribution in [0.2, 0.25) is 15.1 Å². The second-order valence-corrected chi connectivity index (χ2v) is 7.48. The van der Waals surface area contributed by atoms with Crippen molar-refractivity contribution in [3.05, 3.63) is 69.6 Å². The lowest BCUT2D eigenvalue weighted by molar-refractivity contribution is -0.121. The third kappa shape index (κ3) is 6.39. The van der Waals surface area contributed by atoms with Crippen molar-refractivity contribution in [2.75, 3.05) is 13.2 Å². The average molecular weight is 454 g/mol. The molecule has 5 nitrogen and oxygen atoms in total. The van der Waals surface area contributed by atoms with Crippen LogP contribution in [0.25, 0.3) is 11.3 Å². The Bertz CT molecular complexity index is 975. The maximum Gasteiger partial charge on any atom is 0.220 e. The van der Waals surface area contributed by atoms with Crippen LogP contribution in [0.1, 0.15) is 18.7 Å². The number of nitrogens with one attached hydrogen (secondary N) is 1. The van der Waals surface area contributed by atoms with E-state index < -0.39 is 0 Å². The number of carbonyl (C=O) groups is 1. The van der Waals surface area contributed by atoms with Crippen molar-refractivity contribution >= 4 is 40.7 Å². The van der Waals surface area contributed by atoms with Crippen molar-refractivity contribution in [3.8, 4) is 17.1 Å². The van der Waals surface area contributed by atoms with Crippen LogP contribution in [0.3, 0.4) is 0 Å². The van der Waals surface area contributed by atoms with Gasteiger partial charge in [-0.3, -0.25) is 4.79 Å². The highest BCUT2D eigenvalue weighted by molar-refractivity contribution is 6.35. The molecule has 0 fully saturated rings. The van der Waals surface area contributed by atoms with Gasteiger partial charge in [-0.05, 0) is 36.8 Å². The topological polar surface area (TPSA) is 64.4 Å². The molecule has 29 heavy (non-hydrogen) atoms. The number of rotatable bonds is 9. The molecule has 1 N–H and O–H groups in total. The van der Waals surface area contributed by atoms with E-state index in [9.17, 15) is 4.79 Å². The number of oxazole rings is 1. The standard InChI is InChI=1S/C21H19Cl3N2O3/c22-14-6-7-18(17(24)12-14)28-11-3-10-25-20(27)8-9-21-26-13-19(29-21)15-4-1-2-5-16(15)23/h1-2,4-7,12-13H,3,8-11H2,(H,25,27). The third-order valence-corrected chi connectivity index (χ3v) is 4.91. The van der Waals surface area contributed by atoms with Gasteiger partial charge >= 0.3 is 0 Å². The van der Waals surface area contributed by atoms with Crippen molar-refractivity contribution in [2.45, 2.75) is 19.3 Å². The van der Waals surface area contributed by atoms with Gasteiger partial charge in [-0.15, -0.1) is 0 Å². The highest BCUT2D eigenvalue weighted by atomic mass is 35.5. The van der Waals surface area contributed by atoms with E-state index in [1.54, 1.807) is 30.5 Å². The van der Waals surface area contributed by atoms with Gasteiger partial charge in [0.2, 0.25) is 5.91 Å². The minimum absolute atomic E-state index is 0.0768. The minimum Gasteiger partial charge on any atom is -0.492 e. The Kier molecular flexibility index (Phi) is 7.81. The Morgan fingerprint density at radius 2 is 1.93 bits per heavy atom. The molecule has 0 saturated heterocycles. The molecule has 0 aliphatic rings. The van der Waals surface area contributed by atoms with E-state index in [0.717, 1.165) is 5.56 Å². The van der Waals surface area contributed by atoms with Crippen LogP contribution in [-0.2, 0) is 11.2 Å². The van der Waals surface area contributed by atoms with Crippen molar-refractivity contribution in [3.63, 3.8) is 0 Å². The average Bonchev–Trinajstić information content (AvgIpc) is 3.17. The van der Waals surface area contributed by atoms with E-state index >= 15 is 0 Å². The molecule has 0 saturated carbocycles. The Balaban J connectivity index is 1.36. The minimum atomic E-state index is -0.0768. The maximum atomic E-state index is 12.0. The van der Waals surface area contributed by atoms with Crippen LogP contribution in [0.15, 0.2) is 53.1 Å². The normalized spacial score (nSPS) is 10.7. The largest absolute Gasteiger partial charge is 0.492 e. The lowest BCUT2D eigenvalue weighted by Gasteiger charge is -2.09. The zero-order valence-corrected chi connectivity index (χ0v) is 17.7. The number of aryl methyl sites for hydroxylation is 1. The summed E-state index contributed by atoms with van der Waals surface area (Å²) in [7, 11) is 0. The molecule has 0 aliphatic heterocycles. The molecule has 8 heteroatoms. The summed E-state index contributed by atoms with van der Waals surface area (Å²) in [6, 6.07) is 12.4. The number of carbonyl (C=O) groups excluding carboxylic acids is 1. The summed E-state index contributed by atoms with van der Waals surface area (Å²) >= 11 is 18.0. The van der Waals surface area contributed by atoms with Gasteiger partial charge in [0.15, 0.2) is 11.7 Å². The lowest BCUT2D eigenvalue weighted by Crippen LogP contribution is -2.25. The number of aromatic nitrogens is 1. The number of ether oxygens (including phenoxy) is 1. The van der Waals surface area contributed by atoms with Gasteiger partial charge < -0.3 is 14.5 Å². The molecule has 0 aliphatic carbocycles. The molecule has 2 aromatic carbocycles. The Morgan fingerprint density at radius 3 is 2.72 bits per heavy atom. The Morgan fingerprint density at radius 1 is 1.10 bits per heavy atom. The van der Waals surface area contributed by atoms with Crippen molar-refractivity contribution < 1.29 is 13.9 Å². The fourth-order valence-electron chi connectivity index (χ4n) is 2.59. The predicted molar refractivity (Wildman–Crippen MR) is 115 cm³/mol. The van der Waals surface area contributed by atoms with Gasteiger partial charge in [0, 0.05) is 30.0 Å². The molecular formula is C21H19Cl3N2O3. The lowest BCUT2D eigenvalue weighted by atomic mass is 10.2. The smallest absolute Gasteiger partial charge is 0.220 e. The van der Waals surface area contributed by atoms with Crippen LogP contribution in [-0.4, -0.2) is 24.0 Å². The van der Waals surface area contributed by atoms with E-state index in [4.69, 9.17) is 44.0 Å². The highest BCUT2D eigenvalue weighted by Crippen LogP contribution is 2.28. The second-order valence-electron chi connectivity index (χ2n) is 6.22. The second kappa shape index (κ2) is 10.5. The fourth-order valence-corrected chi connectivity index (χ4v) is 3.29. The number of hydrogen-bond donors (Lipinski definition) is 1. The van der Waals surface area contributed by atoms with Crippen molar-refractivity contribution in [1.29, 1.82) is 0 Å². The van der Waals surface area contributed by atoms with Gasteiger partial charge in [0.25, 0.3) is 0 Å². The molecule has 0 spiro atoms. The van der Waals surface area contributed by atoms with E-state index in [0.29, 0.717) is 58.5 Å². The molecule has 0 unspecified atom stereocenters. The first-order valence-electron chi connectivity index (χ1n) is 9.07. The number of halogens is 3. The van der Waals surface area contributed by atoms with Crippen LogP contribution in [0, 0.1) is 0 Å². The van der Waals surface area contributed by atoms with Crippen molar-refractivity contribution in [2.24, 2.45) is 0 Å². The first kappa shape index (κ1) is 21.5. The van der Waals surface area contributed by atoms with Gasteiger partial charge in [-0.1, -0.05) is 46.9 Å². The zero-order chi connectivity index (χ0) is 20.6. The summed E-state index contributed by atoms with van der Waals surface area (Å²) in [6.45, 7) is 0.934. The molecule has 1 aromatic heterocycles. The summed E-state index contributed by atoms with van der Waals surface area (Å²) in [6.07, 6.45) is 2.97. The molecule has 1 heterocycles. The molecular weight excluding hydrogens is 435 g/mol. The summed E-state index contributed by atoms with van der Waals surface area (Å²) in [5.41, 5.74) is 0.776. The van der Waals surface area contributed by atoms with Crippen LogP contribution >= 0.6 is 34.8 Å². The molecule has 0 radical (unpaired) electrons. The first-order valence-corrected chi connectivity index (χ1v) is 10.2. The monoisotopic (exact) mass is 452 g/mol. The highest BCUT2D eigenvalue weighted by Gasteiger charge is 2.11. The van der Waals surface area contributed by atoms with Crippen molar-refractivity contribution in [1.82, 2.24) is 10.3 Å². The quantitative estimate of drug-likeness (QED) is 0.415. The third-order valence-electron chi connectivity index (χ3n) is 4.05. The summed E-state index contributed by atoms with van der Waals surface area (Å²) < 4.78 is 11.3. The van der Waals surface area contributed by atoms with Crippen LogP contribution in [0.4, 0.5) is 0 Å². The fraction of sp³-hybridized carbons (Fsp3) is 0.238. The number of nitrogens with zero attached hydrogens (tertiary/aromatic N) is 1. The van der Waals surface area contributed by atoms with E-state index in [-0.39, 0.29) is 12.3 Å². The predicted octanol–water partition coefficient (Wildman–Crippen LogP) is 5.82. The van der Waals surface area contributed by atoms with Crippen LogP contribution in [0.5, 0.6) is 5.75 Å². The van der Waals surface area contributed by atoms with Gasteiger partial charge in [0.05, 0.1) is 22.8 Å². The number of amides is 1. The van der Waals surface area contributed by atoms with E-state index in [1.807, 2.05) is 18.2 Å². The number of hydrogen-bond acceptors (Lipinski definition) is 4. The zero-order valence-electron chi connectivity index (χ0n) is 15.5. The first-order chi connectivity index (χ1) is 14.0. The van der Waals surface area contributed by atoms with Crippen LogP contribution < -0.4 is 10.1 Å². The van der Waals surface area contributed by atoms with Gasteiger partial charge in [0.1, 0.15) is 5.75 Å². The van der Waals surface area contributed by atoms with Gasteiger partial charge in [-0.2, -0.15) is 0 Å². The Labute approximate surface area is 183 Å². The van der Waals surface area contributed by atoms with E-state index in [2.05, 4.69) is 10.3 Å². The van der Waals surface area contributed by atoms with E-state index in [1.165, 1.54) is 0 Å². The molecule has 152 valence electrons. The molecule has 1 amide bonds. The molecule has 3 aromatic rings. The SMILES string of the molecule is O=C(CCc1ncc(-c2ccccc2Cl)o1)NCCCOc1ccc(Cl)cc1Cl. The Hall–Kier alpha value is -2.21. The molecule has 0 bridgehead atoms. The number of benzene rings is 2. The molecule has 0 atom stereocenters.